The molecule has 0 fully saturated rings. The quantitative estimate of drug-likeness (QED) is 0.397. The van der Waals surface area contributed by atoms with Crippen molar-refractivity contribution in [1.29, 1.82) is 0 Å². The Labute approximate surface area is 201 Å². The molecule has 1 heterocycles. The number of phenolic OH excluding ortho intramolecular Hbond substituents is 1. The summed E-state index contributed by atoms with van der Waals surface area (Å²) in [5.74, 6) is -0.791. The Morgan fingerprint density at radius 3 is 2.35 bits per heavy atom. The zero-order valence-electron chi connectivity index (χ0n) is 21.0. The van der Waals surface area contributed by atoms with E-state index in [1.807, 2.05) is 19.9 Å². The number of aliphatic carboxylic acids is 1. The second-order valence-corrected chi connectivity index (χ2v) is 10.4. The minimum absolute atomic E-state index is 0.00307. The second-order valence-electron chi connectivity index (χ2n) is 10.4. The highest BCUT2D eigenvalue weighted by Gasteiger charge is 2.31. The molecule has 0 bridgehead atoms. The molecule has 0 saturated carbocycles. The van der Waals surface area contributed by atoms with E-state index in [1.54, 1.807) is 26.8 Å². The van der Waals surface area contributed by atoms with Crippen molar-refractivity contribution in [2.45, 2.75) is 78.6 Å². The Kier molecular flexibility index (Phi) is 9.44. The molecule has 0 aromatic heterocycles. The zero-order chi connectivity index (χ0) is 25.6. The first-order chi connectivity index (χ1) is 15.8. The van der Waals surface area contributed by atoms with Gasteiger partial charge in [0.15, 0.2) is 11.5 Å². The van der Waals surface area contributed by atoms with Crippen molar-refractivity contribution in [1.82, 2.24) is 5.32 Å². The highest BCUT2D eigenvalue weighted by Crippen LogP contribution is 2.40. The molecule has 9 heteroatoms. The standard InChI is InChI=1S/C25H39NO8/c1-14(2)17(10-16-11-20(28)22-21(12-16)32-7-8-33-22)13-18(19(27)9-15(3)23(29)30)26-24(31)34-25(4,5)6/h11-12,14-15,17-19,27-28H,7-10,13H2,1-6H3,(H,26,31)(H,29,30)/t15-,17+,18+,19+/m1/s1. The average Bonchev–Trinajstić information content (AvgIpc) is 2.71. The van der Waals surface area contributed by atoms with Gasteiger partial charge in [-0.15, -0.1) is 0 Å². The maximum Gasteiger partial charge on any atom is 0.407 e. The van der Waals surface area contributed by atoms with E-state index in [-0.39, 0.29) is 24.0 Å². The number of carbonyl (C=O) groups excluding carboxylic acids is 1. The number of carboxylic acids is 1. The number of rotatable bonds is 10. The Balaban J connectivity index is 2.22. The number of nitrogens with one attached hydrogen (secondary N) is 1. The number of hydrogen-bond acceptors (Lipinski definition) is 7. The molecule has 4 N–H and O–H groups in total. The van der Waals surface area contributed by atoms with Crippen LogP contribution in [0.5, 0.6) is 17.2 Å². The lowest BCUT2D eigenvalue weighted by Crippen LogP contribution is -2.47. The molecule has 1 aromatic rings. The predicted molar refractivity (Wildman–Crippen MR) is 126 cm³/mol. The van der Waals surface area contributed by atoms with Gasteiger partial charge in [0.25, 0.3) is 0 Å². The molecule has 1 aliphatic heterocycles. The van der Waals surface area contributed by atoms with Crippen LogP contribution in [0, 0.1) is 17.8 Å². The van der Waals surface area contributed by atoms with Gasteiger partial charge in [-0.25, -0.2) is 4.79 Å². The van der Waals surface area contributed by atoms with Gasteiger partial charge in [-0.3, -0.25) is 4.79 Å². The summed E-state index contributed by atoms with van der Waals surface area (Å²) in [6, 6.07) is 2.76. The molecule has 0 radical (unpaired) electrons. The molecular weight excluding hydrogens is 442 g/mol. The highest BCUT2D eigenvalue weighted by atomic mass is 16.6. The van der Waals surface area contributed by atoms with E-state index < -0.39 is 35.7 Å². The van der Waals surface area contributed by atoms with Crippen molar-refractivity contribution in [2.24, 2.45) is 17.8 Å². The summed E-state index contributed by atoms with van der Waals surface area (Å²) in [5, 5.41) is 33.2. The van der Waals surface area contributed by atoms with Crippen LogP contribution in [0.4, 0.5) is 4.79 Å². The van der Waals surface area contributed by atoms with E-state index in [4.69, 9.17) is 14.2 Å². The van der Waals surface area contributed by atoms with Crippen LogP contribution in [0.2, 0.25) is 0 Å². The van der Waals surface area contributed by atoms with Crippen molar-refractivity contribution in [2.75, 3.05) is 13.2 Å². The van der Waals surface area contributed by atoms with Crippen LogP contribution in [0.3, 0.4) is 0 Å². The Bertz CT molecular complexity index is 848. The van der Waals surface area contributed by atoms with Crippen LogP contribution in [0.25, 0.3) is 0 Å². The Morgan fingerprint density at radius 2 is 1.76 bits per heavy atom. The Morgan fingerprint density at radius 1 is 1.12 bits per heavy atom. The number of phenols is 1. The average molecular weight is 482 g/mol. The van der Waals surface area contributed by atoms with Crippen molar-refractivity contribution >= 4 is 12.1 Å². The van der Waals surface area contributed by atoms with E-state index >= 15 is 0 Å². The third kappa shape index (κ3) is 8.27. The summed E-state index contributed by atoms with van der Waals surface area (Å²) in [6.45, 7) is 11.6. The summed E-state index contributed by atoms with van der Waals surface area (Å²) in [6.07, 6.45) is -0.812. The van der Waals surface area contributed by atoms with Crippen LogP contribution in [-0.4, -0.2) is 58.3 Å². The van der Waals surface area contributed by atoms with Gasteiger partial charge in [0.1, 0.15) is 18.8 Å². The van der Waals surface area contributed by atoms with Crippen LogP contribution in [0.1, 0.15) is 59.9 Å². The van der Waals surface area contributed by atoms with Gasteiger partial charge in [-0.05, 0) is 69.6 Å². The molecule has 2 rings (SSSR count). The molecule has 0 unspecified atom stereocenters. The van der Waals surface area contributed by atoms with Crippen LogP contribution in [-0.2, 0) is 16.0 Å². The fourth-order valence-electron chi connectivity index (χ4n) is 3.93. The van der Waals surface area contributed by atoms with Crippen molar-refractivity contribution < 1.29 is 39.1 Å². The second kappa shape index (κ2) is 11.6. The van der Waals surface area contributed by atoms with Gasteiger partial charge in [0, 0.05) is 0 Å². The predicted octanol–water partition coefficient (Wildman–Crippen LogP) is 3.73. The summed E-state index contributed by atoms with van der Waals surface area (Å²) in [7, 11) is 0. The van der Waals surface area contributed by atoms with Gasteiger partial charge < -0.3 is 34.8 Å². The first-order valence-corrected chi connectivity index (χ1v) is 11.8. The highest BCUT2D eigenvalue weighted by molar-refractivity contribution is 5.70. The lowest BCUT2D eigenvalue weighted by molar-refractivity contribution is -0.142. The van der Waals surface area contributed by atoms with E-state index in [0.29, 0.717) is 37.6 Å². The molecule has 1 aromatic carbocycles. The lowest BCUT2D eigenvalue weighted by atomic mass is 9.82. The molecule has 1 amide bonds. The summed E-state index contributed by atoms with van der Waals surface area (Å²) >= 11 is 0. The van der Waals surface area contributed by atoms with E-state index in [0.717, 1.165) is 5.56 Å². The van der Waals surface area contributed by atoms with Crippen molar-refractivity contribution in [3.05, 3.63) is 17.7 Å². The number of alkyl carbamates (subject to hydrolysis) is 1. The smallest absolute Gasteiger partial charge is 0.407 e. The molecular formula is C25H39NO8. The van der Waals surface area contributed by atoms with E-state index in [2.05, 4.69) is 5.32 Å². The van der Waals surface area contributed by atoms with Crippen molar-refractivity contribution in [3.63, 3.8) is 0 Å². The number of carboxylic acid groups (broad SMARTS) is 1. The number of ether oxygens (including phenoxy) is 3. The molecule has 0 saturated heterocycles. The summed E-state index contributed by atoms with van der Waals surface area (Å²) in [5.41, 5.74) is 0.124. The molecule has 9 nitrogen and oxygen atoms in total. The van der Waals surface area contributed by atoms with Gasteiger partial charge >= 0.3 is 12.1 Å². The third-order valence-corrected chi connectivity index (χ3v) is 5.86. The van der Waals surface area contributed by atoms with Crippen LogP contribution in [0.15, 0.2) is 12.1 Å². The number of carbonyl (C=O) groups is 2. The van der Waals surface area contributed by atoms with Crippen LogP contribution >= 0.6 is 0 Å². The van der Waals surface area contributed by atoms with Crippen molar-refractivity contribution in [3.8, 4) is 17.2 Å². The van der Waals surface area contributed by atoms with Gasteiger partial charge in [-0.2, -0.15) is 0 Å². The van der Waals surface area contributed by atoms with E-state index in [9.17, 15) is 24.9 Å². The van der Waals surface area contributed by atoms with Gasteiger partial charge in [-0.1, -0.05) is 20.8 Å². The third-order valence-electron chi connectivity index (χ3n) is 5.86. The SMILES string of the molecule is CC(C)[C@@H](Cc1cc(O)c2c(c1)OCCO2)C[C@H](NC(=O)OC(C)(C)C)[C@@H](O)C[C@@H](C)C(=O)O. The molecule has 0 aliphatic carbocycles. The largest absolute Gasteiger partial charge is 0.504 e. The molecule has 4 atom stereocenters. The minimum atomic E-state index is -1.08. The molecule has 34 heavy (non-hydrogen) atoms. The molecule has 0 spiro atoms. The number of aromatic hydroxyl groups is 1. The summed E-state index contributed by atoms with van der Waals surface area (Å²) in [4.78, 5) is 23.8. The number of hydrogen-bond donors (Lipinski definition) is 4. The number of aliphatic hydroxyl groups excluding tert-OH is 1. The fourth-order valence-corrected chi connectivity index (χ4v) is 3.93. The topological polar surface area (TPSA) is 135 Å². The number of fused-ring (bicyclic) bond motifs is 1. The molecule has 192 valence electrons. The van der Waals surface area contributed by atoms with Crippen LogP contribution < -0.4 is 14.8 Å². The fraction of sp³-hybridized carbons (Fsp3) is 0.680. The number of amides is 1. The minimum Gasteiger partial charge on any atom is -0.504 e. The zero-order valence-corrected chi connectivity index (χ0v) is 21.0. The first kappa shape index (κ1) is 27.6. The normalized spacial score (nSPS) is 16.9. The maximum absolute atomic E-state index is 12.5. The van der Waals surface area contributed by atoms with Gasteiger partial charge in [0.05, 0.1) is 18.1 Å². The van der Waals surface area contributed by atoms with Gasteiger partial charge in [0.2, 0.25) is 5.75 Å². The monoisotopic (exact) mass is 481 g/mol. The van der Waals surface area contributed by atoms with E-state index in [1.165, 1.54) is 6.92 Å². The lowest BCUT2D eigenvalue weighted by Gasteiger charge is -2.32. The number of aliphatic hydroxyl groups is 1. The molecule has 1 aliphatic rings. The summed E-state index contributed by atoms with van der Waals surface area (Å²) < 4.78 is 16.5. The number of benzene rings is 1. The maximum atomic E-state index is 12.5. The first-order valence-electron chi connectivity index (χ1n) is 11.8. The Hall–Kier alpha value is -2.68.